The molecule has 0 saturated heterocycles. The van der Waals surface area contributed by atoms with E-state index in [0.717, 1.165) is 48.1 Å². The van der Waals surface area contributed by atoms with Crippen LogP contribution in [0.25, 0.3) is 0 Å². The number of alkyl halides is 6. The minimum absolute atomic E-state index is 0.0421. The lowest BCUT2D eigenvalue weighted by atomic mass is 10.1. The molecule has 63 heavy (non-hydrogen) atoms. The minimum atomic E-state index is -4.92. The lowest BCUT2D eigenvalue weighted by Gasteiger charge is -2.19. The number of amides is 4. The number of halogens is 7. The van der Waals surface area contributed by atoms with E-state index in [4.69, 9.17) is 28.7 Å². The first-order valence-electron chi connectivity index (χ1n) is 18.9. The standard InChI is InChI=1S/C37H46F6IN13O4S2/c38-36(39,40)20-14-22(54-28(58)6-2-1-4-11-51-35(48)49)30(62-12-8-45)24(16-20)56-32(60)26-18-27(53-19-52-26)33(61)57-25-17-21(37(41,42)43)15-23(31(25)63-13-9-46)55-29(59)7-3-5-10-50-34(44)47/h14-19H,1-13,45-46H2,(H2,47,50)(H,54,58)(H,55,59)(H,56,60)(H,57,61)(H4,48,49,51). The van der Waals surface area contributed by atoms with Crippen molar-refractivity contribution in [3.8, 4) is 0 Å². The number of unbranched alkanes of at least 4 members (excludes halogenated alkanes) is 3. The number of benzene rings is 2. The quantitative estimate of drug-likeness (QED) is 0.0104. The number of carbonyl (C=O) groups excluding carboxylic acids is 4. The molecule has 0 radical (unpaired) electrons. The molecule has 17 nitrogen and oxygen atoms in total. The smallest absolute Gasteiger partial charge is 0.379 e. The van der Waals surface area contributed by atoms with Gasteiger partial charge in [0.25, 0.3) is 11.8 Å². The summed E-state index contributed by atoms with van der Waals surface area (Å²) in [5, 5.41) is 9.71. The van der Waals surface area contributed by atoms with Crippen LogP contribution in [0.15, 0.2) is 56.4 Å². The van der Waals surface area contributed by atoms with Gasteiger partial charge in [0.1, 0.15) is 17.7 Å². The van der Waals surface area contributed by atoms with Gasteiger partial charge in [-0.05, 0) is 72.5 Å². The summed E-state index contributed by atoms with van der Waals surface area (Å²) in [4.78, 5) is 68.6. The molecule has 0 saturated carbocycles. The van der Waals surface area contributed by atoms with Crippen LogP contribution in [-0.2, 0) is 21.9 Å². The Labute approximate surface area is 379 Å². The van der Waals surface area contributed by atoms with Crippen LogP contribution >= 0.6 is 46.1 Å². The summed E-state index contributed by atoms with van der Waals surface area (Å²) in [5.41, 5.74) is 22.8. The number of nitrogens with one attached hydrogen (secondary N) is 4. The van der Waals surface area contributed by atoms with Crippen LogP contribution in [0.3, 0.4) is 0 Å². The highest BCUT2D eigenvalue weighted by Gasteiger charge is 2.34. The molecule has 0 fully saturated rings. The maximum Gasteiger partial charge on any atom is 0.416 e. The van der Waals surface area contributed by atoms with Gasteiger partial charge in [-0.3, -0.25) is 29.2 Å². The van der Waals surface area contributed by atoms with E-state index in [1.807, 2.05) is 22.6 Å². The second-order valence-corrected chi connectivity index (χ2v) is 16.5. The van der Waals surface area contributed by atoms with E-state index in [9.17, 15) is 45.5 Å². The Bertz CT molecular complexity index is 2140. The van der Waals surface area contributed by atoms with E-state index in [0.29, 0.717) is 61.2 Å². The molecule has 0 aliphatic heterocycles. The fourth-order valence-corrected chi connectivity index (χ4v) is 7.31. The van der Waals surface area contributed by atoms with Gasteiger partial charge >= 0.3 is 12.4 Å². The molecule has 0 unspecified atom stereocenters. The van der Waals surface area contributed by atoms with Gasteiger partial charge in [-0.25, -0.2) is 9.97 Å². The van der Waals surface area contributed by atoms with Crippen molar-refractivity contribution < 1.29 is 45.5 Å². The summed E-state index contributed by atoms with van der Waals surface area (Å²) < 4.78 is 85.2. The van der Waals surface area contributed by atoms with Crippen LogP contribution < -0.4 is 49.9 Å². The lowest BCUT2D eigenvalue weighted by molar-refractivity contribution is -0.138. The van der Waals surface area contributed by atoms with Gasteiger partial charge in [0.2, 0.25) is 11.8 Å². The van der Waals surface area contributed by atoms with E-state index < -0.39 is 58.5 Å². The van der Waals surface area contributed by atoms with Gasteiger partial charge in [0.15, 0.2) is 9.80 Å². The van der Waals surface area contributed by atoms with Gasteiger partial charge in [0, 0.05) is 56.6 Å². The first-order valence-corrected chi connectivity index (χ1v) is 22.0. The Hall–Kier alpha value is -4.93. The Morgan fingerprint density at radius 3 is 1.40 bits per heavy atom. The third kappa shape index (κ3) is 18.0. The molecular weight excluding hydrogens is 996 g/mol. The van der Waals surface area contributed by atoms with Crippen molar-refractivity contribution in [2.75, 3.05) is 59.0 Å². The van der Waals surface area contributed by atoms with Gasteiger partial charge in [0.05, 0.1) is 43.7 Å². The fourth-order valence-electron chi connectivity index (χ4n) is 5.36. The van der Waals surface area contributed by atoms with Crippen molar-refractivity contribution in [1.82, 2.24) is 9.97 Å². The van der Waals surface area contributed by atoms with Crippen molar-refractivity contribution in [2.45, 2.75) is 67.1 Å². The largest absolute Gasteiger partial charge is 0.416 e. The molecule has 0 aliphatic rings. The number of aliphatic imine (C=N–C) groups is 2. The highest BCUT2D eigenvalue weighted by atomic mass is 127. The van der Waals surface area contributed by atoms with E-state index in [1.54, 1.807) is 0 Å². The second-order valence-electron chi connectivity index (χ2n) is 13.1. The average molecular weight is 1040 g/mol. The van der Waals surface area contributed by atoms with Crippen molar-refractivity contribution in [1.29, 1.82) is 0 Å². The molecule has 2 aromatic carbocycles. The molecule has 344 valence electrons. The number of rotatable bonds is 23. The fraction of sp³-hybridized carbons (Fsp3) is 0.405. The first kappa shape index (κ1) is 52.4. The predicted octanol–water partition coefficient (Wildman–Crippen LogP) is 5.75. The minimum Gasteiger partial charge on any atom is -0.379 e. The summed E-state index contributed by atoms with van der Waals surface area (Å²) >= 11 is 3.74. The zero-order valence-corrected chi connectivity index (χ0v) is 37.2. The number of nitrogens with two attached hydrogens (primary N) is 5. The van der Waals surface area contributed by atoms with Gasteiger partial charge in [-0.1, -0.05) is 6.42 Å². The maximum atomic E-state index is 14.2. The molecule has 26 heteroatoms. The third-order valence-electron chi connectivity index (χ3n) is 8.17. The molecule has 14 N–H and O–H groups in total. The van der Waals surface area contributed by atoms with Crippen molar-refractivity contribution in [3.63, 3.8) is 0 Å². The molecular formula is C37H46F6IN13O4S2. The molecule has 3 rings (SSSR count). The van der Waals surface area contributed by atoms with Crippen LogP contribution in [0, 0.1) is 0 Å². The Morgan fingerprint density at radius 2 is 1.00 bits per heavy atom. The van der Waals surface area contributed by atoms with Crippen LogP contribution in [-0.4, -0.2) is 81.1 Å². The summed E-state index contributed by atoms with van der Waals surface area (Å²) in [7, 11) is 0. The third-order valence-corrected chi connectivity index (χ3v) is 10.8. The highest BCUT2D eigenvalue weighted by Crippen LogP contribution is 2.43. The number of hydrogen-bond acceptors (Lipinski definition) is 12. The second kappa shape index (κ2) is 25.4. The molecule has 0 atom stereocenters. The summed E-state index contributed by atoms with van der Waals surface area (Å²) in [6, 6.07) is 3.65. The highest BCUT2D eigenvalue weighted by molar-refractivity contribution is 14.1. The Balaban J connectivity index is 1.94. The first-order chi connectivity index (χ1) is 29.7. The summed E-state index contributed by atoms with van der Waals surface area (Å²) in [6.45, 7) is 0.828. The van der Waals surface area contributed by atoms with Crippen molar-refractivity contribution in [2.24, 2.45) is 38.7 Å². The molecule has 0 spiro atoms. The number of hydrogen-bond donors (Lipinski definition) is 9. The number of nitrogens with zero attached hydrogens (tertiary/aromatic N) is 4. The summed E-state index contributed by atoms with van der Waals surface area (Å²) in [5.74, 6) is -3.17. The van der Waals surface area contributed by atoms with Crippen LogP contribution in [0.2, 0.25) is 0 Å². The number of amidine groups is 1. The molecule has 1 heterocycles. The van der Waals surface area contributed by atoms with Crippen LogP contribution in [0.5, 0.6) is 0 Å². The molecule has 1 aromatic heterocycles. The number of carbonyl (C=O) groups is 4. The number of guanidine groups is 1. The average Bonchev–Trinajstić information content (AvgIpc) is 3.20. The van der Waals surface area contributed by atoms with Gasteiger partial charge < -0.3 is 49.9 Å². The SMILES string of the molecule is NCCSc1c(NC(=O)CCCCCN=C(N)N)cc(C(F)(F)F)cc1NC(=O)c1cc(C(=O)Nc2cc(C(F)(F)F)cc(NC(=O)CCCCN=C(N)I)c2SCCN)ncn1. The maximum absolute atomic E-state index is 14.2. The van der Waals surface area contributed by atoms with E-state index >= 15 is 0 Å². The topological polar surface area (TPSA) is 297 Å². The van der Waals surface area contributed by atoms with Crippen LogP contribution in [0.4, 0.5) is 49.1 Å². The zero-order chi connectivity index (χ0) is 46.7. The molecule has 4 amide bonds. The Kier molecular flexibility index (Phi) is 21.1. The monoisotopic (exact) mass is 1040 g/mol. The lowest BCUT2D eigenvalue weighted by Crippen LogP contribution is -2.22. The number of thioether (sulfide) groups is 2. The zero-order valence-electron chi connectivity index (χ0n) is 33.4. The van der Waals surface area contributed by atoms with E-state index in [-0.39, 0.29) is 75.9 Å². The molecule has 3 aromatic rings. The predicted molar refractivity (Wildman–Crippen MR) is 241 cm³/mol. The molecule has 0 bridgehead atoms. The summed E-state index contributed by atoms with van der Waals surface area (Å²) in [6.07, 6.45) is -6.86. The van der Waals surface area contributed by atoms with Crippen LogP contribution in [0.1, 0.15) is 77.0 Å². The normalized spacial score (nSPS) is 11.8. The molecule has 0 aliphatic carbocycles. The van der Waals surface area contributed by atoms with Gasteiger partial charge in [-0.15, -0.1) is 23.5 Å². The Morgan fingerprint density at radius 1 is 0.603 bits per heavy atom. The van der Waals surface area contributed by atoms with E-state index in [1.165, 1.54) is 0 Å². The number of aromatic nitrogens is 2. The van der Waals surface area contributed by atoms with Crippen molar-refractivity contribution in [3.05, 3.63) is 59.2 Å². The van der Waals surface area contributed by atoms with Crippen molar-refractivity contribution >= 4 is 102 Å². The van der Waals surface area contributed by atoms with Gasteiger partial charge in [-0.2, -0.15) is 26.3 Å². The van der Waals surface area contributed by atoms with E-state index in [2.05, 4.69) is 41.2 Å². The number of anilines is 4.